The third-order valence-corrected chi connectivity index (χ3v) is 1.94. The number of nitrogens with one attached hydrogen (secondary N) is 1. The highest BCUT2D eigenvalue weighted by Crippen LogP contribution is 2.21. The van der Waals surface area contributed by atoms with Gasteiger partial charge in [0.25, 0.3) is 0 Å². The van der Waals surface area contributed by atoms with Crippen LogP contribution in [-0.4, -0.2) is 9.97 Å². The lowest BCUT2D eigenvalue weighted by Gasteiger charge is -1.93. The van der Waals surface area contributed by atoms with Crippen molar-refractivity contribution in [2.24, 2.45) is 0 Å². The normalized spacial score (nSPS) is 10.7. The molecule has 0 bridgehead atoms. The van der Waals surface area contributed by atoms with E-state index in [-0.39, 0.29) is 5.82 Å². The van der Waals surface area contributed by atoms with E-state index < -0.39 is 0 Å². The first-order valence-electron chi connectivity index (χ1n) is 3.09. The molecule has 2 aromatic rings. The zero-order valence-corrected chi connectivity index (χ0v) is 6.40. The maximum Gasteiger partial charge on any atom is 0.138 e. The van der Waals surface area contributed by atoms with Crippen LogP contribution in [0.3, 0.4) is 0 Å². The second-order valence-corrected chi connectivity index (χ2v) is 2.64. The molecule has 1 heterocycles. The number of halogens is 1. The fraction of sp³-hybridized carbons (Fsp3) is 0. The number of fused-ring (bicyclic) bond motifs is 1. The molecular formula is C7H5FN2S. The van der Waals surface area contributed by atoms with Crippen molar-refractivity contribution in [1.29, 1.82) is 0 Å². The van der Waals surface area contributed by atoms with Gasteiger partial charge in [0.15, 0.2) is 0 Å². The van der Waals surface area contributed by atoms with Crippen LogP contribution in [0.5, 0.6) is 0 Å². The number of aromatic amines is 1. The molecule has 1 aromatic heterocycles. The first-order valence-corrected chi connectivity index (χ1v) is 3.54. The maximum absolute atomic E-state index is 12.8. The number of hydrogen-bond donors (Lipinski definition) is 2. The summed E-state index contributed by atoms with van der Waals surface area (Å²) in [6.45, 7) is 0. The average molecular weight is 168 g/mol. The highest BCUT2D eigenvalue weighted by Gasteiger charge is 2.04. The van der Waals surface area contributed by atoms with E-state index >= 15 is 0 Å². The van der Waals surface area contributed by atoms with Gasteiger partial charge in [0.2, 0.25) is 0 Å². The van der Waals surface area contributed by atoms with Gasteiger partial charge >= 0.3 is 0 Å². The minimum Gasteiger partial charge on any atom is -0.345 e. The van der Waals surface area contributed by atoms with Crippen molar-refractivity contribution >= 4 is 23.7 Å². The molecule has 56 valence electrons. The number of aromatic nitrogens is 2. The average Bonchev–Trinajstić information content (AvgIpc) is 2.45. The van der Waals surface area contributed by atoms with Crippen molar-refractivity contribution in [3.8, 4) is 0 Å². The van der Waals surface area contributed by atoms with Crippen LogP contribution in [0.25, 0.3) is 11.0 Å². The maximum atomic E-state index is 12.8. The van der Waals surface area contributed by atoms with Gasteiger partial charge in [0.05, 0.1) is 16.7 Å². The summed E-state index contributed by atoms with van der Waals surface area (Å²) in [5.74, 6) is -0.340. The SMILES string of the molecule is Fc1ccc2[nH]cnc2c1S. The molecule has 2 nitrogen and oxygen atoms in total. The van der Waals surface area contributed by atoms with Gasteiger partial charge < -0.3 is 4.98 Å². The predicted octanol–water partition coefficient (Wildman–Crippen LogP) is 1.99. The Morgan fingerprint density at radius 1 is 1.45 bits per heavy atom. The van der Waals surface area contributed by atoms with E-state index in [0.29, 0.717) is 10.4 Å². The molecule has 2 rings (SSSR count). The Morgan fingerprint density at radius 2 is 2.27 bits per heavy atom. The minimum absolute atomic E-state index is 0.295. The standard InChI is InChI=1S/C7H5FN2S/c8-4-1-2-5-6(7(4)11)10-3-9-5/h1-3,11H,(H,9,10). The van der Waals surface area contributed by atoms with Gasteiger partial charge in [-0.3, -0.25) is 0 Å². The van der Waals surface area contributed by atoms with Crippen LogP contribution in [0.4, 0.5) is 4.39 Å². The number of imidazole rings is 1. The summed E-state index contributed by atoms with van der Waals surface area (Å²) in [5.41, 5.74) is 1.38. The molecule has 0 atom stereocenters. The molecule has 0 radical (unpaired) electrons. The second kappa shape index (κ2) is 2.23. The molecule has 0 aliphatic heterocycles. The molecule has 0 spiro atoms. The Hall–Kier alpha value is -1.03. The quantitative estimate of drug-likeness (QED) is 0.578. The van der Waals surface area contributed by atoms with Crippen LogP contribution in [-0.2, 0) is 0 Å². The third kappa shape index (κ3) is 0.903. The van der Waals surface area contributed by atoms with Gasteiger partial charge in [-0.25, -0.2) is 9.37 Å². The van der Waals surface area contributed by atoms with E-state index in [1.54, 1.807) is 6.07 Å². The lowest BCUT2D eigenvalue weighted by molar-refractivity contribution is 0.606. The molecule has 1 aromatic carbocycles. The number of benzene rings is 1. The largest absolute Gasteiger partial charge is 0.345 e. The number of thiol groups is 1. The smallest absolute Gasteiger partial charge is 0.138 e. The lowest BCUT2D eigenvalue weighted by Crippen LogP contribution is -1.78. The van der Waals surface area contributed by atoms with Crippen LogP contribution in [0.15, 0.2) is 23.4 Å². The highest BCUT2D eigenvalue weighted by molar-refractivity contribution is 7.80. The molecule has 11 heavy (non-hydrogen) atoms. The van der Waals surface area contributed by atoms with Crippen molar-refractivity contribution in [1.82, 2.24) is 9.97 Å². The van der Waals surface area contributed by atoms with Crippen molar-refractivity contribution in [2.75, 3.05) is 0 Å². The molecule has 0 fully saturated rings. The number of H-pyrrole nitrogens is 1. The highest BCUT2D eigenvalue weighted by atomic mass is 32.1. The van der Waals surface area contributed by atoms with E-state index in [0.717, 1.165) is 5.52 Å². The van der Waals surface area contributed by atoms with E-state index in [1.807, 2.05) is 0 Å². The molecule has 0 saturated carbocycles. The van der Waals surface area contributed by atoms with E-state index in [2.05, 4.69) is 22.6 Å². The van der Waals surface area contributed by atoms with Crippen LogP contribution >= 0.6 is 12.6 Å². The molecule has 0 amide bonds. The first-order chi connectivity index (χ1) is 5.29. The van der Waals surface area contributed by atoms with Crippen LogP contribution in [0.1, 0.15) is 0 Å². The number of nitrogens with zero attached hydrogens (tertiary/aromatic N) is 1. The molecular weight excluding hydrogens is 163 g/mol. The monoisotopic (exact) mass is 168 g/mol. The summed E-state index contributed by atoms with van der Waals surface area (Å²) < 4.78 is 12.8. The molecule has 0 saturated heterocycles. The summed E-state index contributed by atoms with van der Waals surface area (Å²) in [5, 5.41) is 0. The van der Waals surface area contributed by atoms with Crippen molar-refractivity contribution < 1.29 is 4.39 Å². The van der Waals surface area contributed by atoms with Gasteiger partial charge in [-0.05, 0) is 12.1 Å². The van der Waals surface area contributed by atoms with Gasteiger partial charge in [-0.2, -0.15) is 0 Å². The van der Waals surface area contributed by atoms with Crippen LogP contribution in [0.2, 0.25) is 0 Å². The molecule has 0 unspecified atom stereocenters. The number of rotatable bonds is 0. The third-order valence-electron chi connectivity index (χ3n) is 1.52. The summed E-state index contributed by atoms with van der Waals surface area (Å²) >= 11 is 3.97. The molecule has 0 aliphatic carbocycles. The lowest BCUT2D eigenvalue weighted by atomic mass is 10.3. The molecule has 4 heteroatoms. The van der Waals surface area contributed by atoms with Gasteiger partial charge in [-0.1, -0.05) is 0 Å². The second-order valence-electron chi connectivity index (χ2n) is 2.19. The number of hydrogen-bond acceptors (Lipinski definition) is 2. The summed E-state index contributed by atoms with van der Waals surface area (Å²) in [7, 11) is 0. The van der Waals surface area contributed by atoms with Crippen LogP contribution in [0, 0.1) is 5.82 Å². The Balaban J connectivity index is 2.93. The molecule has 1 N–H and O–H groups in total. The molecule has 0 aliphatic rings. The summed E-state index contributed by atoms with van der Waals surface area (Å²) in [6.07, 6.45) is 1.52. The summed E-state index contributed by atoms with van der Waals surface area (Å²) in [6, 6.07) is 3.00. The Morgan fingerprint density at radius 3 is 3.09 bits per heavy atom. The van der Waals surface area contributed by atoms with Crippen molar-refractivity contribution in [2.45, 2.75) is 4.90 Å². The Labute approximate surface area is 67.9 Å². The van der Waals surface area contributed by atoms with E-state index in [4.69, 9.17) is 0 Å². The van der Waals surface area contributed by atoms with Gasteiger partial charge in [0.1, 0.15) is 11.3 Å². The first kappa shape index (κ1) is 6.67. The van der Waals surface area contributed by atoms with Gasteiger partial charge in [0, 0.05) is 0 Å². The Bertz CT molecular complexity index is 396. The van der Waals surface area contributed by atoms with Crippen molar-refractivity contribution in [3.63, 3.8) is 0 Å². The summed E-state index contributed by atoms with van der Waals surface area (Å²) in [4.78, 5) is 7.06. The zero-order valence-electron chi connectivity index (χ0n) is 5.50. The minimum atomic E-state index is -0.340. The Kier molecular flexibility index (Phi) is 1.35. The van der Waals surface area contributed by atoms with Gasteiger partial charge in [-0.15, -0.1) is 12.6 Å². The zero-order chi connectivity index (χ0) is 7.84. The van der Waals surface area contributed by atoms with Crippen molar-refractivity contribution in [3.05, 3.63) is 24.3 Å². The van der Waals surface area contributed by atoms with E-state index in [9.17, 15) is 4.39 Å². The van der Waals surface area contributed by atoms with E-state index in [1.165, 1.54) is 12.4 Å². The van der Waals surface area contributed by atoms with Crippen LogP contribution < -0.4 is 0 Å². The topological polar surface area (TPSA) is 28.7 Å². The fourth-order valence-corrected chi connectivity index (χ4v) is 1.22. The predicted molar refractivity (Wildman–Crippen MR) is 43.3 cm³/mol. The fourth-order valence-electron chi connectivity index (χ4n) is 0.969.